The summed E-state index contributed by atoms with van der Waals surface area (Å²) in [5.74, 6) is -0.783. The summed E-state index contributed by atoms with van der Waals surface area (Å²) in [6, 6.07) is 23.8. The minimum atomic E-state index is -0.509. The molecule has 27 heavy (non-hydrogen) atoms. The highest BCUT2D eigenvalue weighted by molar-refractivity contribution is 6.30. The number of Topliss-reactive ketones (excluding diaryl/α,β-unsaturated/α-hetero) is 1. The number of carbonyl (C=O) groups excluding carboxylic acids is 2. The smallest absolute Gasteiger partial charge is 0.339 e. The van der Waals surface area contributed by atoms with Crippen molar-refractivity contribution < 1.29 is 14.3 Å². The van der Waals surface area contributed by atoms with Gasteiger partial charge in [0.05, 0.1) is 5.56 Å². The van der Waals surface area contributed by atoms with E-state index in [9.17, 15) is 9.59 Å². The Kier molecular flexibility index (Phi) is 4.61. The first-order valence-corrected chi connectivity index (χ1v) is 8.87. The van der Waals surface area contributed by atoms with Crippen LogP contribution in [-0.4, -0.2) is 18.4 Å². The highest BCUT2D eigenvalue weighted by Gasteiger charge is 2.18. The molecule has 0 fully saturated rings. The first kappa shape index (κ1) is 17.3. The molecule has 0 amide bonds. The van der Waals surface area contributed by atoms with Crippen molar-refractivity contribution >= 4 is 44.9 Å². The molecule has 4 heteroatoms. The van der Waals surface area contributed by atoms with E-state index >= 15 is 0 Å². The Balaban J connectivity index is 1.67. The van der Waals surface area contributed by atoms with Crippen molar-refractivity contribution in [2.45, 2.75) is 0 Å². The van der Waals surface area contributed by atoms with Gasteiger partial charge in [0.1, 0.15) is 0 Å². The molecule has 0 aliphatic carbocycles. The first-order chi connectivity index (χ1) is 13.1. The summed E-state index contributed by atoms with van der Waals surface area (Å²) in [5, 5.41) is 4.06. The summed E-state index contributed by atoms with van der Waals surface area (Å²) in [6.07, 6.45) is 0. The molecule has 0 heterocycles. The fraction of sp³-hybridized carbons (Fsp3) is 0.0435. The summed E-state index contributed by atoms with van der Waals surface area (Å²) in [6.45, 7) is -0.321. The minimum Gasteiger partial charge on any atom is -0.454 e. The average Bonchev–Trinajstić information content (AvgIpc) is 2.70. The zero-order valence-corrected chi connectivity index (χ0v) is 15.1. The third kappa shape index (κ3) is 3.42. The molecule has 0 aliphatic heterocycles. The average molecular weight is 375 g/mol. The van der Waals surface area contributed by atoms with Gasteiger partial charge in [-0.3, -0.25) is 4.79 Å². The van der Waals surface area contributed by atoms with Crippen LogP contribution in [0.15, 0.2) is 78.9 Å². The van der Waals surface area contributed by atoms with E-state index in [-0.39, 0.29) is 12.4 Å². The summed E-state index contributed by atoms with van der Waals surface area (Å²) in [5.41, 5.74) is 0.933. The molecule has 4 aromatic rings. The lowest BCUT2D eigenvalue weighted by Crippen LogP contribution is -2.15. The number of halogens is 1. The highest BCUT2D eigenvalue weighted by atomic mass is 35.5. The van der Waals surface area contributed by atoms with Gasteiger partial charge in [-0.05, 0) is 51.9 Å². The maximum atomic E-state index is 12.9. The quantitative estimate of drug-likeness (QED) is 0.262. The molecule has 0 saturated carbocycles. The fourth-order valence-corrected chi connectivity index (χ4v) is 3.28. The predicted molar refractivity (Wildman–Crippen MR) is 108 cm³/mol. The lowest BCUT2D eigenvalue weighted by atomic mass is 9.97. The minimum absolute atomic E-state index is 0.274. The third-order valence-corrected chi connectivity index (χ3v) is 4.73. The topological polar surface area (TPSA) is 43.4 Å². The second kappa shape index (κ2) is 7.22. The Hall–Kier alpha value is -3.17. The monoisotopic (exact) mass is 374 g/mol. The molecule has 4 aromatic carbocycles. The van der Waals surface area contributed by atoms with Crippen molar-refractivity contribution in [1.29, 1.82) is 0 Å². The van der Waals surface area contributed by atoms with Gasteiger partial charge in [-0.1, -0.05) is 60.1 Å². The van der Waals surface area contributed by atoms with E-state index in [2.05, 4.69) is 0 Å². The molecule has 0 aliphatic rings. The summed E-state index contributed by atoms with van der Waals surface area (Å²) in [4.78, 5) is 25.2. The number of rotatable bonds is 4. The van der Waals surface area contributed by atoms with Gasteiger partial charge in [0, 0.05) is 10.6 Å². The molecule has 0 aromatic heterocycles. The fourth-order valence-electron chi connectivity index (χ4n) is 3.16. The van der Waals surface area contributed by atoms with Crippen LogP contribution < -0.4 is 0 Å². The van der Waals surface area contributed by atoms with Gasteiger partial charge >= 0.3 is 5.97 Å². The van der Waals surface area contributed by atoms with E-state index in [1.165, 1.54) is 0 Å². The van der Waals surface area contributed by atoms with Crippen LogP contribution in [0.5, 0.6) is 0 Å². The highest BCUT2D eigenvalue weighted by Crippen LogP contribution is 2.29. The van der Waals surface area contributed by atoms with Crippen molar-refractivity contribution in [2.75, 3.05) is 6.61 Å². The van der Waals surface area contributed by atoms with E-state index in [0.717, 1.165) is 21.5 Å². The Morgan fingerprint density at radius 2 is 1.33 bits per heavy atom. The summed E-state index contributed by atoms with van der Waals surface area (Å²) < 4.78 is 5.37. The molecule has 0 bridgehead atoms. The molecule has 4 rings (SSSR count). The van der Waals surface area contributed by atoms with E-state index in [0.29, 0.717) is 16.1 Å². The maximum Gasteiger partial charge on any atom is 0.339 e. The Labute approximate surface area is 161 Å². The van der Waals surface area contributed by atoms with E-state index in [1.807, 2.05) is 54.6 Å². The second-order valence-electron chi connectivity index (χ2n) is 6.20. The predicted octanol–water partition coefficient (Wildman–Crippen LogP) is 5.69. The van der Waals surface area contributed by atoms with Crippen LogP contribution in [0, 0.1) is 0 Å². The molecule has 0 radical (unpaired) electrons. The van der Waals surface area contributed by atoms with Crippen molar-refractivity contribution in [3.63, 3.8) is 0 Å². The Bertz CT molecular complexity index is 1110. The van der Waals surface area contributed by atoms with Crippen molar-refractivity contribution in [2.24, 2.45) is 0 Å². The molecular weight excluding hydrogens is 360 g/mol. The van der Waals surface area contributed by atoms with Gasteiger partial charge < -0.3 is 4.74 Å². The second-order valence-corrected chi connectivity index (χ2v) is 6.64. The summed E-state index contributed by atoms with van der Waals surface area (Å²) >= 11 is 5.84. The molecule has 0 atom stereocenters. The zero-order chi connectivity index (χ0) is 18.8. The van der Waals surface area contributed by atoms with Crippen molar-refractivity contribution in [3.8, 4) is 0 Å². The lowest BCUT2D eigenvalue weighted by Gasteiger charge is -2.11. The van der Waals surface area contributed by atoms with Crippen LogP contribution in [-0.2, 0) is 4.74 Å². The molecule has 0 N–H and O–H groups in total. The van der Waals surface area contributed by atoms with Gasteiger partial charge in [0.15, 0.2) is 12.4 Å². The van der Waals surface area contributed by atoms with Gasteiger partial charge in [-0.2, -0.15) is 0 Å². The number of esters is 1. The van der Waals surface area contributed by atoms with E-state index in [4.69, 9.17) is 16.3 Å². The van der Waals surface area contributed by atoms with Crippen LogP contribution in [0.25, 0.3) is 21.5 Å². The normalized spacial score (nSPS) is 10.9. The zero-order valence-electron chi connectivity index (χ0n) is 14.3. The Morgan fingerprint density at radius 3 is 1.93 bits per heavy atom. The Morgan fingerprint density at radius 1 is 0.778 bits per heavy atom. The van der Waals surface area contributed by atoms with Crippen LogP contribution >= 0.6 is 11.6 Å². The van der Waals surface area contributed by atoms with Gasteiger partial charge in [0.25, 0.3) is 0 Å². The largest absolute Gasteiger partial charge is 0.454 e. The van der Waals surface area contributed by atoms with Crippen LogP contribution in [0.3, 0.4) is 0 Å². The molecule has 132 valence electrons. The number of benzene rings is 4. The number of ether oxygens (including phenoxy) is 1. The molecule has 0 spiro atoms. The SMILES string of the molecule is O=C(COC(=O)c1c2ccccc2cc2ccccc12)c1ccc(Cl)cc1. The molecular formula is C23H15ClO3. The number of hydrogen-bond donors (Lipinski definition) is 0. The number of fused-ring (bicyclic) bond motifs is 2. The van der Waals surface area contributed by atoms with E-state index in [1.54, 1.807) is 24.3 Å². The summed E-state index contributed by atoms with van der Waals surface area (Å²) in [7, 11) is 0. The van der Waals surface area contributed by atoms with Crippen LogP contribution in [0.4, 0.5) is 0 Å². The van der Waals surface area contributed by atoms with Gasteiger partial charge in [-0.25, -0.2) is 4.79 Å². The standard InChI is InChI=1S/C23H15ClO3/c24-18-11-9-15(10-12-18)21(25)14-27-23(26)22-19-7-3-1-5-16(19)13-17-6-2-4-8-20(17)22/h1-13H,14H2. The van der Waals surface area contributed by atoms with E-state index < -0.39 is 5.97 Å². The first-order valence-electron chi connectivity index (χ1n) is 8.50. The maximum absolute atomic E-state index is 12.9. The van der Waals surface area contributed by atoms with Gasteiger partial charge in [-0.15, -0.1) is 0 Å². The van der Waals surface area contributed by atoms with Crippen LogP contribution in [0.1, 0.15) is 20.7 Å². The van der Waals surface area contributed by atoms with Crippen LogP contribution in [0.2, 0.25) is 5.02 Å². The van der Waals surface area contributed by atoms with Gasteiger partial charge in [0.2, 0.25) is 0 Å². The molecule has 3 nitrogen and oxygen atoms in total. The third-order valence-electron chi connectivity index (χ3n) is 4.48. The molecule has 0 saturated heterocycles. The lowest BCUT2D eigenvalue weighted by molar-refractivity contribution is 0.0478. The van der Waals surface area contributed by atoms with Crippen molar-refractivity contribution in [1.82, 2.24) is 0 Å². The molecule has 0 unspecified atom stereocenters. The number of hydrogen-bond acceptors (Lipinski definition) is 3. The van der Waals surface area contributed by atoms with Crippen molar-refractivity contribution in [3.05, 3.63) is 95.0 Å². The number of carbonyl (C=O) groups is 2. The number of ketones is 1.